The summed E-state index contributed by atoms with van der Waals surface area (Å²) in [6, 6.07) is 18.5. The van der Waals surface area contributed by atoms with Gasteiger partial charge in [0.2, 0.25) is 0 Å². The van der Waals surface area contributed by atoms with Crippen molar-refractivity contribution in [3.63, 3.8) is 0 Å². The Morgan fingerprint density at radius 1 is 1.05 bits per heavy atom. The van der Waals surface area contributed by atoms with E-state index >= 15 is 0 Å². The molecular weight excluding hydrogens is 376 g/mol. The molecule has 0 unspecified atom stereocenters. The fourth-order valence-corrected chi connectivity index (χ4v) is 3.25. The van der Waals surface area contributed by atoms with Gasteiger partial charge in [-0.25, -0.2) is 0 Å². The van der Waals surface area contributed by atoms with Crippen LogP contribution in [0.3, 0.4) is 0 Å². The summed E-state index contributed by atoms with van der Waals surface area (Å²) in [6.45, 7) is 0.893. The first-order valence-electron chi connectivity index (χ1n) is 7.16. The van der Waals surface area contributed by atoms with E-state index in [0.717, 1.165) is 34.6 Å². The molecule has 116 valence electrons. The first-order valence-corrected chi connectivity index (χ1v) is 9.52. The van der Waals surface area contributed by atoms with Gasteiger partial charge in [0.1, 0.15) is 0 Å². The average molecular weight is 395 g/mol. The first kappa shape index (κ1) is 17.3. The summed E-state index contributed by atoms with van der Waals surface area (Å²) >= 11 is 10.7. The third-order valence-electron chi connectivity index (χ3n) is 2.96. The van der Waals surface area contributed by atoms with E-state index in [-0.39, 0.29) is 0 Å². The molecule has 0 bridgehead atoms. The molecule has 2 rings (SSSR count). The van der Waals surface area contributed by atoms with Crippen molar-refractivity contribution in [2.75, 3.05) is 17.6 Å². The normalized spacial score (nSPS) is 10.2. The molecule has 2 aromatic rings. The molecule has 5 heteroatoms. The minimum absolute atomic E-state index is 0.676. The molecule has 22 heavy (non-hydrogen) atoms. The second-order valence-electron chi connectivity index (χ2n) is 4.78. The maximum Gasteiger partial charge on any atom is 0.170 e. The molecule has 0 heterocycles. The van der Waals surface area contributed by atoms with Gasteiger partial charge in [-0.2, -0.15) is 11.8 Å². The average Bonchev–Trinajstić information content (AvgIpc) is 2.54. The van der Waals surface area contributed by atoms with Crippen LogP contribution >= 0.6 is 39.9 Å². The van der Waals surface area contributed by atoms with Crippen molar-refractivity contribution >= 4 is 50.7 Å². The van der Waals surface area contributed by atoms with E-state index in [1.165, 1.54) is 5.56 Å². The third-order valence-corrected chi connectivity index (χ3v) is 4.85. The lowest BCUT2D eigenvalue weighted by Crippen LogP contribution is -2.29. The minimum Gasteiger partial charge on any atom is -0.362 e. The molecule has 0 aliphatic carbocycles. The predicted octanol–water partition coefficient (Wildman–Crippen LogP) is 5.06. The summed E-state index contributed by atoms with van der Waals surface area (Å²) in [6.07, 6.45) is 1.10. The molecule has 0 saturated heterocycles. The largest absolute Gasteiger partial charge is 0.362 e. The predicted molar refractivity (Wildman–Crippen MR) is 106 cm³/mol. The number of anilines is 1. The first-order chi connectivity index (χ1) is 10.7. The Kier molecular flexibility index (Phi) is 7.77. The number of hydrogen-bond acceptors (Lipinski definition) is 2. The van der Waals surface area contributed by atoms with Crippen molar-refractivity contribution in [3.8, 4) is 0 Å². The van der Waals surface area contributed by atoms with Crippen LogP contribution in [0.5, 0.6) is 0 Å². The highest BCUT2D eigenvalue weighted by Gasteiger charge is 1.98. The van der Waals surface area contributed by atoms with Crippen LogP contribution in [0.1, 0.15) is 12.0 Å². The van der Waals surface area contributed by atoms with Crippen LogP contribution in [0, 0.1) is 0 Å². The smallest absolute Gasteiger partial charge is 0.170 e. The van der Waals surface area contributed by atoms with Gasteiger partial charge >= 0.3 is 0 Å². The summed E-state index contributed by atoms with van der Waals surface area (Å²) in [5.74, 6) is 2.20. The molecule has 0 aromatic heterocycles. The number of thiocarbonyl (C=S) groups is 1. The lowest BCUT2D eigenvalue weighted by Gasteiger charge is -2.10. The van der Waals surface area contributed by atoms with Gasteiger partial charge in [-0.05, 0) is 54.2 Å². The molecule has 0 radical (unpaired) electrons. The number of nitrogens with one attached hydrogen (secondary N) is 2. The van der Waals surface area contributed by atoms with E-state index in [0.29, 0.717) is 5.11 Å². The van der Waals surface area contributed by atoms with Gasteiger partial charge in [0.15, 0.2) is 5.11 Å². The van der Waals surface area contributed by atoms with Gasteiger partial charge in [0.05, 0.1) is 0 Å². The summed E-state index contributed by atoms with van der Waals surface area (Å²) in [4.78, 5) is 0. The van der Waals surface area contributed by atoms with E-state index < -0.39 is 0 Å². The van der Waals surface area contributed by atoms with E-state index in [4.69, 9.17) is 12.2 Å². The third kappa shape index (κ3) is 6.81. The van der Waals surface area contributed by atoms with E-state index in [1.54, 1.807) is 0 Å². The Morgan fingerprint density at radius 3 is 2.50 bits per heavy atom. The van der Waals surface area contributed by atoms with Gasteiger partial charge in [-0.1, -0.05) is 46.3 Å². The maximum atomic E-state index is 5.28. The van der Waals surface area contributed by atoms with E-state index in [2.05, 4.69) is 56.9 Å². The van der Waals surface area contributed by atoms with Crippen molar-refractivity contribution in [3.05, 3.63) is 64.6 Å². The number of rotatable bonds is 7. The van der Waals surface area contributed by atoms with Gasteiger partial charge in [0, 0.05) is 22.5 Å². The molecule has 2 nitrogen and oxygen atoms in total. The number of halogens is 1. The van der Waals surface area contributed by atoms with Crippen molar-refractivity contribution in [1.82, 2.24) is 5.32 Å². The summed E-state index contributed by atoms with van der Waals surface area (Å²) in [5, 5.41) is 7.09. The summed E-state index contributed by atoms with van der Waals surface area (Å²) in [7, 11) is 0. The molecule has 0 aliphatic heterocycles. The Balaban J connectivity index is 1.54. The van der Waals surface area contributed by atoms with Crippen LogP contribution in [-0.2, 0) is 5.75 Å². The van der Waals surface area contributed by atoms with Crippen molar-refractivity contribution in [2.24, 2.45) is 0 Å². The zero-order valence-corrected chi connectivity index (χ0v) is 15.4. The Labute approximate surface area is 150 Å². The highest BCUT2D eigenvalue weighted by molar-refractivity contribution is 9.10. The standard InChI is InChI=1S/C17H19BrN2S2/c18-15-7-9-16(10-8-15)20-17(21)19-11-4-12-22-13-14-5-2-1-3-6-14/h1-3,5-10H,4,11-13H2,(H2,19,20,21). The SMILES string of the molecule is S=C(NCCCSCc1ccccc1)Nc1ccc(Br)cc1. The Hall–Kier alpha value is -1.04. The Morgan fingerprint density at radius 2 is 1.77 bits per heavy atom. The monoisotopic (exact) mass is 394 g/mol. The van der Waals surface area contributed by atoms with Crippen LogP contribution in [-0.4, -0.2) is 17.4 Å². The fourth-order valence-electron chi connectivity index (χ4n) is 1.85. The molecule has 0 spiro atoms. The van der Waals surface area contributed by atoms with Crippen LogP contribution in [0.4, 0.5) is 5.69 Å². The fraction of sp³-hybridized carbons (Fsp3) is 0.235. The van der Waals surface area contributed by atoms with E-state index in [1.807, 2.05) is 36.0 Å². The van der Waals surface area contributed by atoms with Crippen LogP contribution in [0.2, 0.25) is 0 Å². The van der Waals surface area contributed by atoms with Gasteiger partial charge < -0.3 is 10.6 Å². The maximum absolute atomic E-state index is 5.28. The summed E-state index contributed by atoms with van der Waals surface area (Å²) in [5.41, 5.74) is 2.38. The van der Waals surface area contributed by atoms with Crippen molar-refractivity contribution in [1.29, 1.82) is 0 Å². The van der Waals surface area contributed by atoms with Crippen LogP contribution in [0.25, 0.3) is 0 Å². The highest BCUT2D eigenvalue weighted by atomic mass is 79.9. The summed E-state index contributed by atoms with van der Waals surface area (Å²) < 4.78 is 1.06. The highest BCUT2D eigenvalue weighted by Crippen LogP contribution is 2.14. The lowest BCUT2D eigenvalue weighted by atomic mass is 10.2. The van der Waals surface area contributed by atoms with Gasteiger partial charge in [0.25, 0.3) is 0 Å². The van der Waals surface area contributed by atoms with Crippen LogP contribution < -0.4 is 10.6 Å². The van der Waals surface area contributed by atoms with Crippen molar-refractivity contribution in [2.45, 2.75) is 12.2 Å². The quantitative estimate of drug-likeness (QED) is 0.506. The topological polar surface area (TPSA) is 24.1 Å². The van der Waals surface area contributed by atoms with Crippen LogP contribution in [0.15, 0.2) is 59.1 Å². The number of thioether (sulfide) groups is 1. The van der Waals surface area contributed by atoms with Crippen molar-refractivity contribution < 1.29 is 0 Å². The molecular formula is C17H19BrN2S2. The molecule has 0 fully saturated rings. The van der Waals surface area contributed by atoms with E-state index in [9.17, 15) is 0 Å². The molecule has 2 N–H and O–H groups in total. The lowest BCUT2D eigenvalue weighted by molar-refractivity contribution is 0.854. The molecule has 2 aromatic carbocycles. The number of hydrogen-bond donors (Lipinski definition) is 2. The zero-order valence-electron chi connectivity index (χ0n) is 12.2. The van der Waals surface area contributed by atoms with Gasteiger partial charge in [-0.15, -0.1) is 0 Å². The molecule has 0 atom stereocenters. The molecule has 0 amide bonds. The second kappa shape index (κ2) is 9.87. The number of benzene rings is 2. The minimum atomic E-state index is 0.676. The second-order valence-corrected chi connectivity index (χ2v) is 7.21. The molecule has 0 saturated carbocycles. The van der Waals surface area contributed by atoms with Gasteiger partial charge in [-0.3, -0.25) is 0 Å². The zero-order chi connectivity index (χ0) is 15.6. The molecule has 0 aliphatic rings. The Bertz CT molecular complexity index is 573.